The minimum atomic E-state index is -0.414. The van der Waals surface area contributed by atoms with Gasteiger partial charge in [-0.3, -0.25) is 4.79 Å². The van der Waals surface area contributed by atoms with Crippen molar-refractivity contribution in [3.05, 3.63) is 47.8 Å². The summed E-state index contributed by atoms with van der Waals surface area (Å²) in [5.41, 5.74) is 1.00. The SMILES string of the molecule is Cc1cn2c(n1)CC[C@H](NC(=O)CCOc1ccccc1F)C2. The molecule has 0 spiro atoms. The number of amides is 1. The Morgan fingerprint density at radius 1 is 1.48 bits per heavy atom. The summed E-state index contributed by atoms with van der Waals surface area (Å²) in [5.74, 6) is 0.766. The minimum absolute atomic E-state index is 0.0772. The lowest BCUT2D eigenvalue weighted by atomic mass is 10.1. The van der Waals surface area contributed by atoms with E-state index < -0.39 is 5.82 Å². The van der Waals surface area contributed by atoms with Crippen molar-refractivity contribution < 1.29 is 13.9 Å². The van der Waals surface area contributed by atoms with Crippen LogP contribution in [-0.4, -0.2) is 28.1 Å². The van der Waals surface area contributed by atoms with Gasteiger partial charge in [0.25, 0.3) is 0 Å². The predicted octanol–water partition coefficient (Wildman–Crippen LogP) is 2.23. The molecule has 122 valence electrons. The van der Waals surface area contributed by atoms with E-state index in [9.17, 15) is 9.18 Å². The third kappa shape index (κ3) is 3.88. The van der Waals surface area contributed by atoms with Gasteiger partial charge in [-0.2, -0.15) is 0 Å². The first-order chi connectivity index (χ1) is 11.1. The number of hydrogen-bond acceptors (Lipinski definition) is 3. The van der Waals surface area contributed by atoms with Crippen molar-refractivity contribution in [2.45, 2.75) is 38.8 Å². The molecule has 0 aliphatic carbocycles. The van der Waals surface area contributed by atoms with E-state index in [2.05, 4.69) is 14.9 Å². The number of benzene rings is 1. The molecule has 23 heavy (non-hydrogen) atoms. The largest absolute Gasteiger partial charge is 0.490 e. The summed E-state index contributed by atoms with van der Waals surface area (Å²) in [5, 5.41) is 3.01. The summed E-state index contributed by atoms with van der Waals surface area (Å²) in [7, 11) is 0. The molecule has 6 heteroatoms. The van der Waals surface area contributed by atoms with E-state index in [1.807, 2.05) is 13.1 Å². The highest BCUT2D eigenvalue weighted by molar-refractivity contribution is 5.76. The Kier molecular flexibility index (Phi) is 4.60. The Hall–Kier alpha value is -2.37. The number of halogens is 1. The molecule has 3 rings (SSSR count). The number of ether oxygens (including phenoxy) is 1. The van der Waals surface area contributed by atoms with E-state index in [-0.39, 0.29) is 30.7 Å². The second kappa shape index (κ2) is 6.81. The Labute approximate surface area is 134 Å². The number of nitrogens with zero attached hydrogens (tertiary/aromatic N) is 2. The molecule has 1 N–H and O–H groups in total. The van der Waals surface area contributed by atoms with Crippen LogP contribution in [0.5, 0.6) is 5.75 Å². The number of aryl methyl sites for hydroxylation is 2. The molecule has 5 nitrogen and oxygen atoms in total. The van der Waals surface area contributed by atoms with Gasteiger partial charge in [-0.25, -0.2) is 9.37 Å². The fourth-order valence-electron chi connectivity index (χ4n) is 2.82. The number of rotatable bonds is 5. The summed E-state index contributed by atoms with van der Waals surface area (Å²) < 4.78 is 20.8. The van der Waals surface area contributed by atoms with E-state index in [1.165, 1.54) is 6.07 Å². The van der Waals surface area contributed by atoms with Crippen LogP contribution >= 0.6 is 0 Å². The monoisotopic (exact) mass is 317 g/mol. The maximum absolute atomic E-state index is 13.4. The van der Waals surface area contributed by atoms with Gasteiger partial charge in [0.2, 0.25) is 5.91 Å². The van der Waals surface area contributed by atoms with Crippen LogP contribution in [0.2, 0.25) is 0 Å². The molecule has 1 atom stereocenters. The molecule has 0 bridgehead atoms. The van der Waals surface area contributed by atoms with E-state index in [4.69, 9.17) is 4.74 Å². The minimum Gasteiger partial charge on any atom is -0.490 e. The summed E-state index contributed by atoms with van der Waals surface area (Å²) >= 11 is 0. The molecule has 0 saturated heterocycles. The Morgan fingerprint density at radius 2 is 2.30 bits per heavy atom. The van der Waals surface area contributed by atoms with Gasteiger partial charge in [-0.1, -0.05) is 12.1 Å². The van der Waals surface area contributed by atoms with E-state index in [1.54, 1.807) is 18.2 Å². The second-order valence-electron chi connectivity index (χ2n) is 5.78. The molecule has 1 amide bonds. The summed E-state index contributed by atoms with van der Waals surface area (Å²) in [6, 6.07) is 6.30. The van der Waals surface area contributed by atoms with Crippen molar-refractivity contribution in [2.75, 3.05) is 6.61 Å². The third-order valence-electron chi connectivity index (χ3n) is 3.90. The third-order valence-corrected chi connectivity index (χ3v) is 3.90. The average Bonchev–Trinajstić information content (AvgIpc) is 2.88. The van der Waals surface area contributed by atoms with Crippen LogP contribution < -0.4 is 10.1 Å². The number of para-hydroxylation sites is 1. The van der Waals surface area contributed by atoms with Gasteiger partial charge < -0.3 is 14.6 Å². The van der Waals surface area contributed by atoms with Crippen LogP contribution in [0.4, 0.5) is 4.39 Å². The fourth-order valence-corrected chi connectivity index (χ4v) is 2.82. The molecule has 0 unspecified atom stereocenters. The van der Waals surface area contributed by atoms with E-state index >= 15 is 0 Å². The summed E-state index contributed by atoms with van der Waals surface area (Å²) in [6.45, 7) is 2.88. The van der Waals surface area contributed by atoms with Crippen molar-refractivity contribution in [3.63, 3.8) is 0 Å². The van der Waals surface area contributed by atoms with Crippen LogP contribution in [0.1, 0.15) is 24.4 Å². The number of hydrogen-bond donors (Lipinski definition) is 1. The van der Waals surface area contributed by atoms with Crippen LogP contribution in [0.3, 0.4) is 0 Å². The molecule has 2 heterocycles. The normalized spacial score (nSPS) is 16.7. The van der Waals surface area contributed by atoms with Gasteiger partial charge in [-0.15, -0.1) is 0 Å². The van der Waals surface area contributed by atoms with Crippen molar-refractivity contribution in [1.82, 2.24) is 14.9 Å². The van der Waals surface area contributed by atoms with Gasteiger partial charge in [0.1, 0.15) is 5.82 Å². The van der Waals surface area contributed by atoms with Gasteiger partial charge in [-0.05, 0) is 25.5 Å². The predicted molar refractivity (Wildman–Crippen MR) is 83.7 cm³/mol. The molecule has 1 aliphatic rings. The quantitative estimate of drug-likeness (QED) is 0.920. The van der Waals surface area contributed by atoms with Crippen LogP contribution in [0, 0.1) is 12.7 Å². The zero-order valence-electron chi connectivity index (χ0n) is 13.1. The Balaban J connectivity index is 1.44. The van der Waals surface area contributed by atoms with Crippen LogP contribution in [0.25, 0.3) is 0 Å². The topological polar surface area (TPSA) is 56.2 Å². The first-order valence-corrected chi connectivity index (χ1v) is 7.81. The standard InChI is InChI=1S/C17H20FN3O2/c1-12-10-21-11-13(6-7-16(21)19-12)20-17(22)8-9-23-15-5-3-2-4-14(15)18/h2-5,10,13H,6-9,11H2,1H3,(H,20,22)/t13-/m0/s1. The molecule has 2 aromatic rings. The molecular weight excluding hydrogens is 297 g/mol. The lowest BCUT2D eigenvalue weighted by molar-refractivity contribution is -0.122. The van der Waals surface area contributed by atoms with E-state index in [0.717, 1.165) is 30.9 Å². The Morgan fingerprint density at radius 3 is 3.13 bits per heavy atom. The van der Waals surface area contributed by atoms with Gasteiger partial charge in [0, 0.05) is 25.2 Å². The first-order valence-electron chi connectivity index (χ1n) is 7.81. The molecule has 0 saturated carbocycles. The highest BCUT2D eigenvalue weighted by Crippen LogP contribution is 2.16. The van der Waals surface area contributed by atoms with Crippen molar-refractivity contribution in [1.29, 1.82) is 0 Å². The maximum Gasteiger partial charge on any atom is 0.223 e. The number of nitrogens with one attached hydrogen (secondary N) is 1. The number of aromatic nitrogens is 2. The lowest BCUT2D eigenvalue weighted by Gasteiger charge is -2.24. The number of imidazole rings is 1. The fraction of sp³-hybridized carbons (Fsp3) is 0.412. The van der Waals surface area contributed by atoms with Gasteiger partial charge in [0.05, 0.1) is 18.7 Å². The molecule has 0 radical (unpaired) electrons. The summed E-state index contributed by atoms with van der Waals surface area (Å²) in [4.78, 5) is 16.4. The highest BCUT2D eigenvalue weighted by Gasteiger charge is 2.21. The van der Waals surface area contributed by atoms with Gasteiger partial charge >= 0.3 is 0 Å². The molecule has 1 aliphatic heterocycles. The zero-order chi connectivity index (χ0) is 16.2. The smallest absolute Gasteiger partial charge is 0.223 e. The zero-order valence-corrected chi connectivity index (χ0v) is 13.1. The number of carbonyl (C=O) groups is 1. The lowest BCUT2D eigenvalue weighted by Crippen LogP contribution is -2.41. The number of carbonyl (C=O) groups excluding carboxylic acids is 1. The summed E-state index contributed by atoms with van der Waals surface area (Å²) in [6.07, 6.45) is 3.97. The Bertz CT molecular complexity index is 699. The maximum atomic E-state index is 13.4. The molecule has 1 aromatic heterocycles. The van der Waals surface area contributed by atoms with Crippen molar-refractivity contribution >= 4 is 5.91 Å². The van der Waals surface area contributed by atoms with Crippen LogP contribution in [-0.2, 0) is 17.8 Å². The van der Waals surface area contributed by atoms with Gasteiger partial charge in [0.15, 0.2) is 11.6 Å². The van der Waals surface area contributed by atoms with Crippen molar-refractivity contribution in [2.24, 2.45) is 0 Å². The molecule has 0 fully saturated rings. The van der Waals surface area contributed by atoms with E-state index in [0.29, 0.717) is 0 Å². The van der Waals surface area contributed by atoms with Crippen molar-refractivity contribution in [3.8, 4) is 5.75 Å². The number of fused-ring (bicyclic) bond motifs is 1. The highest BCUT2D eigenvalue weighted by atomic mass is 19.1. The van der Waals surface area contributed by atoms with Crippen LogP contribution in [0.15, 0.2) is 30.5 Å². The average molecular weight is 317 g/mol. The molecule has 1 aromatic carbocycles. The molecular formula is C17H20FN3O2. The first kappa shape index (κ1) is 15.5. The second-order valence-corrected chi connectivity index (χ2v) is 5.78.